The third-order valence-corrected chi connectivity index (χ3v) is 3.47. The Balaban J connectivity index is 1.78. The maximum absolute atomic E-state index is 12.1. The summed E-state index contributed by atoms with van der Waals surface area (Å²) in [6.45, 7) is 1.81. The van der Waals surface area contributed by atoms with Crippen molar-refractivity contribution in [2.75, 3.05) is 0 Å². The van der Waals surface area contributed by atoms with Gasteiger partial charge in [0.05, 0.1) is 11.9 Å². The Hall–Kier alpha value is -2.54. The van der Waals surface area contributed by atoms with E-state index in [0.29, 0.717) is 11.4 Å². The predicted molar refractivity (Wildman–Crippen MR) is 77.1 cm³/mol. The summed E-state index contributed by atoms with van der Waals surface area (Å²) in [6, 6.07) is 3.66. The van der Waals surface area contributed by atoms with Crippen LogP contribution in [0.1, 0.15) is 21.7 Å². The first-order valence-electron chi connectivity index (χ1n) is 5.91. The Labute approximate surface area is 118 Å². The van der Waals surface area contributed by atoms with Crippen molar-refractivity contribution in [1.82, 2.24) is 19.8 Å². The number of rotatable bonds is 3. The van der Waals surface area contributed by atoms with E-state index in [4.69, 9.17) is 0 Å². The lowest BCUT2D eigenvalue weighted by atomic mass is 10.3. The molecule has 1 amide bonds. The molecule has 1 N–H and O–H groups in total. The highest BCUT2D eigenvalue weighted by molar-refractivity contribution is 7.15. The zero-order valence-corrected chi connectivity index (χ0v) is 11.5. The average Bonchev–Trinajstić information content (AvgIpc) is 2.99. The number of carbonyl (C=O) groups excluding carboxylic acids is 1. The first-order chi connectivity index (χ1) is 9.75. The molecule has 0 aliphatic carbocycles. The molecule has 0 saturated heterocycles. The van der Waals surface area contributed by atoms with Gasteiger partial charge in [-0.25, -0.2) is 10.4 Å². The van der Waals surface area contributed by atoms with Crippen LogP contribution in [-0.4, -0.2) is 26.5 Å². The zero-order chi connectivity index (χ0) is 13.9. The number of hydrogen-bond donors (Lipinski definition) is 1. The van der Waals surface area contributed by atoms with Crippen LogP contribution in [0.25, 0.3) is 4.96 Å². The number of thiazole rings is 1. The molecule has 0 aliphatic heterocycles. The number of amides is 1. The van der Waals surface area contributed by atoms with Crippen molar-refractivity contribution in [3.8, 4) is 0 Å². The number of aromatic nitrogens is 3. The molecule has 100 valence electrons. The van der Waals surface area contributed by atoms with Gasteiger partial charge in [-0.2, -0.15) is 5.10 Å². The molecule has 3 aromatic heterocycles. The molecule has 3 rings (SSSR count). The van der Waals surface area contributed by atoms with E-state index >= 15 is 0 Å². The third-order valence-electron chi connectivity index (χ3n) is 2.72. The van der Waals surface area contributed by atoms with Crippen LogP contribution in [0, 0.1) is 6.92 Å². The van der Waals surface area contributed by atoms with Gasteiger partial charge in [0.15, 0.2) is 4.96 Å². The molecule has 20 heavy (non-hydrogen) atoms. The monoisotopic (exact) mass is 285 g/mol. The van der Waals surface area contributed by atoms with E-state index in [0.717, 1.165) is 10.5 Å². The Morgan fingerprint density at radius 2 is 2.45 bits per heavy atom. The number of fused-ring (bicyclic) bond motifs is 1. The topological polar surface area (TPSA) is 71.7 Å². The second-order valence-corrected chi connectivity index (χ2v) is 4.96. The molecule has 0 spiro atoms. The number of nitrogens with zero attached hydrogens (tertiary/aromatic N) is 4. The second-order valence-electron chi connectivity index (χ2n) is 4.09. The molecule has 0 radical (unpaired) electrons. The molecular formula is C13H11N5OS. The summed E-state index contributed by atoms with van der Waals surface area (Å²) >= 11 is 1.49. The summed E-state index contributed by atoms with van der Waals surface area (Å²) in [4.78, 5) is 21.2. The highest BCUT2D eigenvalue weighted by Gasteiger charge is 2.16. The van der Waals surface area contributed by atoms with Crippen LogP contribution in [0.5, 0.6) is 0 Å². The van der Waals surface area contributed by atoms with Gasteiger partial charge in [-0.05, 0) is 13.0 Å². The highest BCUT2D eigenvalue weighted by atomic mass is 32.1. The fourth-order valence-electron chi connectivity index (χ4n) is 1.84. The summed E-state index contributed by atoms with van der Waals surface area (Å²) in [5.74, 6) is -0.284. The van der Waals surface area contributed by atoms with E-state index in [1.165, 1.54) is 11.3 Å². The molecule has 6 nitrogen and oxygen atoms in total. The van der Waals surface area contributed by atoms with Crippen molar-refractivity contribution in [2.45, 2.75) is 6.92 Å². The van der Waals surface area contributed by atoms with Gasteiger partial charge in [-0.1, -0.05) is 6.07 Å². The Morgan fingerprint density at radius 1 is 1.55 bits per heavy atom. The first-order valence-corrected chi connectivity index (χ1v) is 6.79. The van der Waals surface area contributed by atoms with E-state index in [9.17, 15) is 4.79 Å². The molecule has 3 aromatic rings. The summed E-state index contributed by atoms with van der Waals surface area (Å²) in [5, 5.41) is 5.81. The summed E-state index contributed by atoms with van der Waals surface area (Å²) in [7, 11) is 0. The van der Waals surface area contributed by atoms with Crippen molar-refractivity contribution in [3.05, 3.63) is 53.1 Å². The molecule has 0 unspecified atom stereocenters. The van der Waals surface area contributed by atoms with Crippen LogP contribution in [-0.2, 0) is 0 Å². The zero-order valence-electron chi connectivity index (χ0n) is 10.6. The van der Waals surface area contributed by atoms with Gasteiger partial charge in [0.1, 0.15) is 5.69 Å². The van der Waals surface area contributed by atoms with Gasteiger partial charge >= 0.3 is 0 Å². The van der Waals surface area contributed by atoms with E-state index in [1.807, 2.05) is 17.6 Å². The summed E-state index contributed by atoms with van der Waals surface area (Å²) in [6.07, 6.45) is 6.71. The van der Waals surface area contributed by atoms with Gasteiger partial charge < -0.3 is 0 Å². The van der Waals surface area contributed by atoms with Gasteiger partial charge in [0.25, 0.3) is 5.91 Å². The average molecular weight is 285 g/mol. The van der Waals surface area contributed by atoms with Crippen molar-refractivity contribution >= 4 is 28.4 Å². The summed E-state index contributed by atoms with van der Waals surface area (Å²) in [5.41, 5.74) is 4.51. The SMILES string of the molecule is Cc1nc2sccn2c1C(=O)N/N=C/c1cccnc1. The largest absolute Gasteiger partial charge is 0.290 e. The minimum atomic E-state index is -0.284. The number of pyridine rings is 1. The first kappa shape index (κ1) is 12.5. The van der Waals surface area contributed by atoms with Crippen LogP contribution in [0.2, 0.25) is 0 Å². The normalized spacial score (nSPS) is 11.2. The third kappa shape index (κ3) is 2.30. The molecule has 7 heteroatoms. The number of nitrogens with one attached hydrogen (secondary N) is 1. The fraction of sp³-hybridized carbons (Fsp3) is 0.0769. The molecular weight excluding hydrogens is 274 g/mol. The number of aryl methyl sites for hydroxylation is 1. The molecule has 0 aliphatic rings. The van der Waals surface area contributed by atoms with Gasteiger partial charge in [-0.3, -0.25) is 14.2 Å². The number of imidazole rings is 1. The summed E-state index contributed by atoms with van der Waals surface area (Å²) < 4.78 is 1.76. The molecule has 0 atom stereocenters. The lowest BCUT2D eigenvalue weighted by Crippen LogP contribution is -2.20. The minimum absolute atomic E-state index is 0.284. The number of hydrazone groups is 1. The lowest BCUT2D eigenvalue weighted by Gasteiger charge is -1.99. The standard InChI is InChI=1S/C13H11N5OS/c1-9-11(18-5-6-20-13(18)16-9)12(19)17-15-8-10-3-2-4-14-7-10/h2-8H,1H3,(H,17,19)/b15-8+. The maximum Gasteiger partial charge on any atom is 0.290 e. The predicted octanol–water partition coefficient (Wildman–Crippen LogP) is 1.86. The van der Waals surface area contributed by atoms with Gasteiger partial charge in [0.2, 0.25) is 0 Å². The minimum Gasteiger partial charge on any atom is -0.286 e. The Morgan fingerprint density at radius 3 is 3.25 bits per heavy atom. The molecule has 0 fully saturated rings. The lowest BCUT2D eigenvalue weighted by molar-refractivity contribution is 0.0948. The number of carbonyl (C=O) groups is 1. The van der Waals surface area contributed by atoms with E-state index in [1.54, 1.807) is 36.0 Å². The van der Waals surface area contributed by atoms with Crippen LogP contribution < -0.4 is 5.43 Å². The molecule has 3 heterocycles. The van der Waals surface area contributed by atoms with E-state index in [2.05, 4.69) is 20.5 Å². The van der Waals surface area contributed by atoms with Crippen LogP contribution >= 0.6 is 11.3 Å². The van der Waals surface area contributed by atoms with Gasteiger partial charge in [0, 0.05) is 29.5 Å². The molecule has 0 bridgehead atoms. The Bertz CT molecular complexity index is 775. The van der Waals surface area contributed by atoms with Crippen molar-refractivity contribution in [1.29, 1.82) is 0 Å². The van der Waals surface area contributed by atoms with Gasteiger partial charge in [-0.15, -0.1) is 11.3 Å². The second kappa shape index (κ2) is 5.22. The highest BCUT2D eigenvalue weighted by Crippen LogP contribution is 2.16. The Kier molecular flexibility index (Phi) is 3.26. The molecule has 0 saturated carbocycles. The van der Waals surface area contributed by atoms with Crippen LogP contribution in [0.4, 0.5) is 0 Å². The van der Waals surface area contributed by atoms with Crippen LogP contribution in [0.3, 0.4) is 0 Å². The quantitative estimate of drug-likeness (QED) is 0.590. The van der Waals surface area contributed by atoms with Crippen LogP contribution in [0.15, 0.2) is 41.2 Å². The fourth-order valence-corrected chi connectivity index (χ4v) is 2.60. The maximum atomic E-state index is 12.1. The van der Waals surface area contributed by atoms with Crippen molar-refractivity contribution in [2.24, 2.45) is 5.10 Å². The smallest absolute Gasteiger partial charge is 0.286 e. The van der Waals surface area contributed by atoms with E-state index in [-0.39, 0.29) is 5.91 Å². The van der Waals surface area contributed by atoms with Crippen molar-refractivity contribution < 1.29 is 4.79 Å². The van der Waals surface area contributed by atoms with Crippen molar-refractivity contribution in [3.63, 3.8) is 0 Å². The van der Waals surface area contributed by atoms with E-state index < -0.39 is 0 Å². The molecule has 0 aromatic carbocycles. The number of hydrogen-bond acceptors (Lipinski definition) is 5.